The summed E-state index contributed by atoms with van der Waals surface area (Å²) in [7, 11) is 2.37. The molecule has 5 rings (SSSR count). The van der Waals surface area contributed by atoms with Gasteiger partial charge in [0, 0.05) is 25.6 Å². The Bertz CT molecular complexity index is 671. The zero-order valence-corrected chi connectivity index (χ0v) is 17.8. The summed E-state index contributed by atoms with van der Waals surface area (Å²) in [4.78, 5) is 14.2. The van der Waals surface area contributed by atoms with Crippen molar-refractivity contribution < 1.29 is 4.79 Å². The van der Waals surface area contributed by atoms with Crippen molar-refractivity contribution in [2.75, 3.05) is 13.6 Å². The van der Waals surface area contributed by atoms with Gasteiger partial charge in [-0.25, -0.2) is 0 Å². The molecule has 8 atom stereocenters. The monoisotopic (exact) mass is 370 g/mol. The number of rotatable bonds is 1. The van der Waals surface area contributed by atoms with Crippen LogP contribution in [-0.2, 0) is 4.79 Å². The molecule has 1 saturated heterocycles. The minimum Gasteiger partial charge on any atom is -0.353 e. The number of nitrogens with zero attached hydrogens (tertiary/aromatic N) is 1. The summed E-state index contributed by atoms with van der Waals surface area (Å²) in [5.41, 5.74) is 2.70. The van der Waals surface area contributed by atoms with Crippen LogP contribution < -0.4 is 5.32 Å². The maximum Gasteiger partial charge on any atom is 0.217 e. The molecule has 5 aliphatic rings. The van der Waals surface area contributed by atoms with E-state index in [0.717, 1.165) is 42.6 Å². The zero-order valence-electron chi connectivity index (χ0n) is 17.8. The van der Waals surface area contributed by atoms with Crippen LogP contribution >= 0.6 is 0 Å². The zero-order chi connectivity index (χ0) is 19.0. The highest BCUT2D eigenvalue weighted by molar-refractivity contribution is 5.73. The molecule has 1 N–H and O–H groups in total. The number of hydrogen-bond acceptors (Lipinski definition) is 2. The lowest BCUT2D eigenvalue weighted by molar-refractivity contribution is -0.120. The minimum atomic E-state index is 0.133. The highest BCUT2D eigenvalue weighted by Crippen LogP contribution is 2.68. The van der Waals surface area contributed by atoms with E-state index in [2.05, 4.69) is 37.2 Å². The van der Waals surface area contributed by atoms with E-state index in [1.807, 2.05) is 0 Å². The largest absolute Gasteiger partial charge is 0.353 e. The molecule has 0 bridgehead atoms. The molecule has 3 nitrogen and oxygen atoms in total. The lowest BCUT2D eigenvalue weighted by Gasteiger charge is -2.58. The van der Waals surface area contributed by atoms with Gasteiger partial charge in [-0.2, -0.15) is 0 Å². The predicted octanol–water partition coefficient (Wildman–Crippen LogP) is 4.38. The van der Waals surface area contributed by atoms with Gasteiger partial charge in [0.05, 0.1) is 0 Å². The molecule has 4 aliphatic carbocycles. The van der Waals surface area contributed by atoms with Crippen LogP contribution in [0.2, 0.25) is 0 Å². The summed E-state index contributed by atoms with van der Waals surface area (Å²) >= 11 is 0. The van der Waals surface area contributed by atoms with Crippen LogP contribution in [0.4, 0.5) is 0 Å². The average Bonchev–Trinajstić information content (AvgIpc) is 3.09. The first-order valence-corrected chi connectivity index (χ1v) is 11.5. The highest BCUT2D eigenvalue weighted by Gasteiger charge is 2.63. The smallest absolute Gasteiger partial charge is 0.217 e. The summed E-state index contributed by atoms with van der Waals surface area (Å²) < 4.78 is 0. The molecule has 0 aromatic rings. The second-order valence-corrected chi connectivity index (χ2v) is 11.0. The average molecular weight is 371 g/mol. The first kappa shape index (κ1) is 18.2. The van der Waals surface area contributed by atoms with E-state index in [1.165, 1.54) is 45.1 Å². The first-order chi connectivity index (χ1) is 12.8. The number of carbonyl (C=O) groups excluding carboxylic acids is 1. The van der Waals surface area contributed by atoms with Gasteiger partial charge in [0.1, 0.15) is 0 Å². The molecule has 0 aromatic carbocycles. The van der Waals surface area contributed by atoms with Gasteiger partial charge in [-0.3, -0.25) is 4.79 Å². The number of amides is 1. The summed E-state index contributed by atoms with van der Waals surface area (Å²) in [6.07, 6.45) is 13.3. The maximum atomic E-state index is 11.5. The number of fused-ring (bicyclic) bond motifs is 4. The lowest BCUT2D eigenvalue weighted by Crippen LogP contribution is -2.52. The van der Waals surface area contributed by atoms with Crippen LogP contribution in [0.25, 0.3) is 0 Å². The molecule has 0 radical (unpaired) electrons. The second-order valence-electron chi connectivity index (χ2n) is 11.0. The van der Waals surface area contributed by atoms with Crippen LogP contribution in [0.1, 0.15) is 72.1 Å². The standard InChI is InChI=1S/C24H38N2O/c1-15-20-7-8-22-19-6-5-17-13-18(25-16(2)27)9-11-23(17,3)21(19)10-12-24(20,22)14-26(15)4/h5,15,18-22H,6-14H2,1-4H3,(H,25,27). The highest BCUT2D eigenvalue weighted by atomic mass is 16.1. The molecule has 150 valence electrons. The molecule has 1 spiro atoms. The van der Waals surface area contributed by atoms with Crippen molar-refractivity contribution in [3.63, 3.8) is 0 Å². The maximum absolute atomic E-state index is 11.5. The van der Waals surface area contributed by atoms with Gasteiger partial charge >= 0.3 is 0 Å². The molecular formula is C24H38N2O. The van der Waals surface area contributed by atoms with Crippen molar-refractivity contribution in [1.29, 1.82) is 0 Å². The first-order valence-electron chi connectivity index (χ1n) is 11.5. The third kappa shape index (κ3) is 2.46. The van der Waals surface area contributed by atoms with Crippen molar-refractivity contribution in [1.82, 2.24) is 10.2 Å². The Labute approximate surface area is 165 Å². The van der Waals surface area contributed by atoms with Crippen LogP contribution in [0.3, 0.4) is 0 Å². The Morgan fingerprint density at radius 2 is 1.93 bits per heavy atom. The van der Waals surface area contributed by atoms with Gasteiger partial charge in [-0.05, 0) is 99.8 Å². The number of likely N-dealkylation sites (tertiary alicyclic amines) is 1. The third-order valence-electron chi connectivity index (χ3n) is 10.1. The molecule has 1 heterocycles. The number of hydrogen-bond donors (Lipinski definition) is 1. The molecule has 27 heavy (non-hydrogen) atoms. The van der Waals surface area contributed by atoms with Crippen molar-refractivity contribution in [2.45, 2.75) is 84.2 Å². The van der Waals surface area contributed by atoms with Crippen molar-refractivity contribution >= 4 is 5.91 Å². The lowest BCUT2D eigenvalue weighted by atomic mass is 9.47. The fourth-order valence-corrected chi connectivity index (χ4v) is 8.87. The van der Waals surface area contributed by atoms with Gasteiger partial charge in [0.15, 0.2) is 0 Å². The molecule has 8 unspecified atom stereocenters. The number of nitrogens with one attached hydrogen (secondary N) is 1. The Morgan fingerprint density at radius 3 is 2.70 bits per heavy atom. The quantitative estimate of drug-likeness (QED) is 0.695. The molecule has 3 saturated carbocycles. The van der Waals surface area contributed by atoms with Crippen LogP contribution in [0, 0.1) is 34.5 Å². The van der Waals surface area contributed by atoms with Crippen LogP contribution in [-0.4, -0.2) is 36.5 Å². The van der Waals surface area contributed by atoms with E-state index in [4.69, 9.17) is 0 Å². The third-order valence-corrected chi connectivity index (χ3v) is 10.1. The van der Waals surface area contributed by atoms with Crippen molar-refractivity contribution in [3.8, 4) is 0 Å². The van der Waals surface area contributed by atoms with Gasteiger partial charge < -0.3 is 10.2 Å². The Kier molecular flexibility index (Phi) is 4.10. The van der Waals surface area contributed by atoms with Gasteiger partial charge in [-0.1, -0.05) is 18.6 Å². The van der Waals surface area contributed by atoms with Crippen molar-refractivity contribution in [3.05, 3.63) is 11.6 Å². The molecule has 1 amide bonds. The SMILES string of the molecule is CC(=O)NC1CCC2(C)C(=CCC3C2CCC24CN(C)C(C)C2CCC34)C1. The van der Waals surface area contributed by atoms with Gasteiger partial charge in [0.25, 0.3) is 0 Å². The number of allylic oxidation sites excluding steroid dienone is 1. The van der Waals surface area contributed by atoms with E-state index < -0.39 is 0 Å². The van der Waals surface area contributed by atoms with Crippen LogP contribution in [0.15, 0.2) is 11.6 Å². The normalized spacial score (nSPS) is 51.6. The van der Waals surface area contributed by atoms with Crippen LogP contribution in [0.5, 0.6) is 0 Å². The topological polar surface area (TPSA) is 32.3 Å². The molecule has 3 heteroatoms. The molecular weight excluding hydrogens is 332 g/mol. The fourth-order valence-electron chi connectivity index (χ4n) is 8.87. The fraction of sp³-hybridized carbons (Fsp3) is 0.875. The molecule has 0 aromatic heterocycles. The summed E-state index contributed by atoms with van der Waals surface area (Å²) in [5, 5.41) is 3.19. The Balaban J connectivity index is 1.42. The second kappa shape index (κ2) is 6.08. The van der Waals surface area contributed by atoms with E-state index in [0.29, 0.717) is 16.9 Å². The van der Waals surface area contributed by atoms with E-state index in [-0.39, 0.29) is 5.91 Å². The Morgan fingerprint density at radius 1 is 1.15 bits per heavy atom. The number of carbonyl (C=O) groups is 1. The minimum absolute atomic E-state index is 0.133. The van der Waals surface area contributed by atoms with E-state index in [1.54, 1.807) is 12.5 Å². The van der Waals surface area contributed by atoms with E-state index in [9.17, 15) is 4.79 Å². The van der Waals surface area contributed by atoms with Gasteiger partial charge in [-0.15, -0.1) is 0 Å². The molecule has 1 aliphatic heterocycles. The Hall–Kier alpha value is -0.830. The molecule has 4 fully saturated rings. The summed E-state index contributed by atoms with van der Waals surface area (Å²) in [6.45, 7) is 8.07. The summed E-state index contributed by atoms with van der Waals surface area (Å²) in [5.74, 6) is 3.83. The van der Waals surface area contributed by atoms with Gasteiger partial charge in [0.2, 0.25) is 5.91 Å². The van der Waals surface area contributed by atoms with E-state index >= 15 is 0 Å². The summed E-state index contributed by atoms with van der Waals surface area (Å²) in [6, 6.07) is 1.15. The van der Waals surface area contributed by atoms with Crippen molar-refractivity contribution in [2.24, 2.45) is 34.5 Å². The predicted molar refractivity (Wildman–Crippen MR) is 109 cm³/mol.